The zero-order valence-corrected chi connectivity index (χ0v) is 15.6. The molecular formula is C17H25F2NO3S. The number of benzene rings is 1. The third-order valence-electron chi connectivity index (χ3n) is 4.28. The van der Waals surface area contributed by atoms with Crippen molar-refractivity contribution in [2.24, 2.45) is 0 Å². The minimum absolute atomic E-state index is 0.0377. The maximum absolute atomic E-state index is 15.8. The molecule has 0 heterocycles. The Bertz CT molecular complexity index is 609. The smallest absolute Gasteiger partial charge is 0.330 e. The van der Waals surface area contributed by atoms with E-state index in [1.165, 1.54) is 32.2 Å². The summed E-state index contributed by atoms with van der Waals surface area (Å²) >= 11 is 0. The first kappa shape index (κ1) is 20.7. The molecule has 7 heteroatoms. The summed E-state index contributed by atoms with van der Waals surface area (Å²) in [6.45, 7) is 5.88. The largest absolute Gasteiger partial charge is 0.464 e. The van der Waals surface area contributed by atoms with Crippen LogP contribution in [0.5, 0.6) is 0 Å². The third-order valence-corrected chi connectivity index (χ3v) is 6.01. The zero-order valence-electron chi connectivity index (χ0n) is 14.8. The molecular weight excluding hydrogens is 336 g/mol. The predicted octanol–water partition coefficient (Wildman–Crippen LogP) is 3.34. The van der Waals surface area contributed by atoms with Crippen molar-refractivity contribution in [2.45, 2.75) is 45.3 Å². The summed E-state index contributed by atoms with van der Waals surface area (Å²) in [4.78, 5) is 12.6. The molecule has 4 nitrogen and oxygen atoms in total. The standard InChI is InChI=1S/C17H25F2NO3S/c1-6-12-24(22)20(5)17(4,15(21)23-7-2)16(3,19)13-10-8-9-11-14(13)18/h8-11H,6-7,12H2,1-5H3/t16-,17-,24-/m1/s1. The predicted molar refractivity (Wildman–Crippen MR) is 91.0 cm³/mol. The number of carbonyl (C=O) groups excluding carboxylic acids is 1. The molecule has 1 rings (SSSR count). The molecule has 0 radical (unpaired) electrons. The number of alkyl halides is 1. The van der Waals surface area contributed by atoms with Crippen LogP contribution in [0, 0.1) is 5.82 Å². The highest BCUT2D eigenvalue weighted by Gasteiger charge is 2.58. The highest BCUT2D eigenvalue weighted by Crippen LogP contribution is 2.43. The highest BCUT2D eigenvalue weighted by atomic mass is 32.2. The Morgan fingerprint density at radius 2 is 1.88 bits per heavy atom. The zero-order chi connectivity index (χ0) is 18.5. The van der Waals surface area contributed by atoms with E-state index >= 15 is 4.39 Å². The first-order chi connectivity index (χ1) is 11.1. The van der Waals surface area contributed by atoms with Gasteiger partial charge in [-0.1, -0.05) is 25.1 Å². The second-order valence-electron chi connectivity index (χ2n) is 5.80. The number of likely N-dealkylation sites (N-methyl/N-ethyl adjacent to an activating group) is 1. The molecule has 0 amide bonds. The van der Waals surface area contributed by atoms with Crippen LogP contribution in [-0.4, -0.2) is 39.4 Å². The number of hydrogen-bond donors (Lipinski definition) is 0. The van der Waals surface area contributed by atoms with E-state index in [2.05, 4.69) is 0 Å². The van der Waals surface area contributed by atoms with Gasteiger partial charge in [0.05, 0.1) is 17.6 Å². The number of halogens is 2. The molecule has 0 saturated carbocycles. The lowest BCUT2D eigenvalue weighted by molar-refractivity contribution is -0.163. The number of rotatable bonds is 8. The van der Waals surface area contributed by atoms with Gasteiger partial charge in [-0.3, -0.25) is 0 Å². The van der Waals surface area contributed by atoms with Crippen LogP contribution in [0.15, 0.2) is 24.3 Å². The summed E-state index contributed by atoms with van der Waals surface area (Å²) in [5.74, 6) is -1.39. The van der Waals surface area contributed by atoms with Gasteiger partial charge in [0, 0.05) is 18.4 Å². The van der Waals surface area contributed by atoms with Gasteiger partial charge in [-0.05, 0) is 33.3 Å². The van der Waals surface area contributed by atoms with Crippen molar-refractivity contribution in [2.75, 3.05) is 19.4 Å². The molecule has 0 aliphatic heterocycles. The van der Waals surface area contributed by atoms with Gasteiger partial charge < -0.3 is 4.74 Å². The van der Waals surface area contributed by atoms with Gasteiger partial charge in [-0.25, -0.2) is 22.1 Å². The second-order valence-corrected chi connectivity index (χ2v) is 7.40. The Morgan fingerprint density at radius 1 is 1.29 bits per heavy atom. The van der Waals surface area contributed by atoms with E-state index < -0.39 is 34.0 Å². The average molecular weight is 361 g/mol. The Balaban J connectivity index is 3.49. The average Bonchev–Trinajstić information content (AvgIpc) is 2.53. The molecule has 0 saturated heterocycles. The van der Waals surface area contributed by atoms with Crippen LogP contribution in [-0.2, 0) is 26.2 Å². The van der Waals surface area contributed by atoms with Gasteiger partial charge in [-0.2, -0.15) is 0 Å². The maximum atomic E-state index is 15.8. The van der Waals surface area contributed by atoms with Crippen molar-refractivity contribution in [3.63, 3.8) is 0 Å². The van der Waals surface area contributed by atoms with Gasteiger partial charge in [0.2, 0.25) is 0 Å². The molecule has 1 aromatic rings. The Labute approximate surface area is 144 Å². The van der Waals surface area contributed by atoms with Crippen molar-refractivity contribution in [1.29, 1.82) is 0 Å². The quantitative estimate of drug-likeness (QED) is 0.667. The molecule has 136 valence electrons. The number of ether oxygens (including phenoxy) is 1. The fourth-order valence-corrected chi connectivity index (χ4v) is 3.78. The lowest BCUT2D eigenvalue weighted by Gasteiger charge is -2.44. The number of esters is 1. The Kier molecular flexibility index (Phi) is 7.04. The number of hydrogen-bond acceptors (Lipinski definition) is 3. The van der Waals surface area contributed by atoms with Crippen LogP contribution < -0.4 is 0 Å². The minimum atomic E-state index is -2.46. The van der Waals surface area contributed by atoms with Crippen LogP contribution in [0.4, 0.5) is 8.78 Å². The van der Waals surface area contributed by atoms with Crippen LogP contribution in [0.25, 0.3) is 0 Å². The van der Waals surface area contributed by atoms with Crippen LogP contribution >= 0.6 is 0 Å². The number of nitrogens with zero attached hydrogens (tertiary/aromatic N) is 1. The van der Waals surface area contributed by atoms with Crippen molar-refractivity contribution in [3.05, 3.63) is 35.6 Å². The summed E-state index contributed by atoms with van der Waals surface area (Å²) in [7, 11) is -0.225. The maximum Gasteiger partial charge on any atom is 0.330 e. The molecule has 0 aliphatic rings. The molecule has 0 aromatic heterocycles. The van der Waals surface area contributed by atoms with Gasteiger partial charge in [0.15, 0.2) is 11.2 Å². The molecule has 0 spiro atoms. The molecule has 1 aromatic carbocycles. The summed E-state index contributed by atoms with van der Waals surface area (Å²) < 4.78 is 48.6. The van der Waals surface area contributed by atoms with E-state index in [1.54, 1.807) is 6.92 Å². The SMILES string of the molecule is CCC[S@@](=O)N(C)[C@](C)(C(=O)OCC)[C@](C)(F)c1ccccc1F. The normalized spacial score (nSPS) is 17.8. The van der Waals surface area contributed by atoms with E-state index in [1.807, 2.05) is 6.92 Å². The summed E-state index contributed by atoms with van der Waals surface area (Å²) in [6.07, 6.45) is 0.596. The van der Waals surface area contributed by atoms with Crippen LogP contribution in [0.1, 0.15) is 39.7 Å². The highest BCUT2D eigenvalue weighted by molar-refractivity contribution is 7.82. The van der Waals surface area contributed by atoms with Crippen LogP contribution in [0.2, 0.25) is 0 Å². The Morgan fingerprint density at radius 3 is 2.38 bits per heavy atom. The molecule has 0 unspecified atom stereocenters. The van der Waals surface area contributed by atoms with Crippen molar-refractivity contribution >= 4 is 17.0 Å². The van der Waals surface area contributed by atoms with Crippen molar-refractivity contribution < 1.29 is 22.5 Å². The summed E-state index contributed by atoms with van der Waals surface area (Å²) in [5, 5.41) is 0. The van der Waals surface area contributed by atoms with Gasteiger partial charge in [0.25, 0.3) is 0 Å². The lowest BCUT2D eigenvalue weighted by atomic mass is 9.78. The van der Waals surface area contributed by atoms with Crippen LogP contribution in [0.3, 0.4) is 0 Å². The van der Waals surface area contributed by atoms with Crippen molar-refractivity contribution in [1.82, 2.24) is 4.31 Å². The van der Waals surface area contributed by atoms with E-state index in [0.717, 1.165) is 17.3 Å². The monoisotopic (exact) mass is 361 g/mol. The van der Waals surface area contributed by atoms with E-state index in [4.69, 9.17) is 4.74 Å². The fraction of sp³-hybridized carbons (Fsp3) is 0.588. The first-order valence-electron chi connectivity index (χ1n) is 7.88. The first-order valence-corrected chi connectivity index (χ1v) is 9.15. The van der Waals surface area contributed by atoms with Crippen molar-refractivity contribution in [3.8, 4) is 0 Å². The van der Waals surface area contributed by atoms with Gasteiger partial charge in [-0.15, -0.1) is 0 Å². The van der Waals surface area contributed by atoms with E-state index in [0.29, 0.717) is 6.42 Å². The van der Waals surface area contributed by atoms with Gasteiger partial charge in [0.1, 0.15) is 5.82 Å². The molecule has 0 fully saturated rings. The summed E-state index contributed by atoms with van der Waals surface area (Å²) in [6, 6.07) is 5.34. The summed E-state index contributed by atoms with van der Waals surface area (Å²) in [5.41, 5.74) is -4.69. The molecule has 0 N–H and O–H groups in total. The minimum Gasteiger partial charge on any atom is -0.464 e. The fourth-order valence-electron chi connectivity index (χ4n) is 2.51. The second kappa shape index (κ2) is 8.16. The van der Waals surface area contributed by atoms with Gasteiger partial charge >= 0.3 is 5.97 Å². The third kappa shape index (κ3) is 3.67. The topological polar surface area (TPSA) is 46.6 Å². The molecule has 3 atom stereocenters. The molecule has 24 heavy (non-hydrogen) atoms. The van der Waals surface area contributed by atoms with E-state index in [9.17, 15) is 13.4 Å². The molecule has 0 aliphatic carbocycles. The van der Waals surface area contributed by atoms with E-state index in [-0.39, 0.29) is 17.9 Å². The Hall–Kier alpha value is -1.34. The molecule has 0 bridgehead atoms. The number of carbonyl (C=O) groups is 1. The lowest BCUT2D eigenvalue weighted by Crippen LogP contribution is -2.62.